The number of nitrogens with one attached hydrogen (secondary N) is 1. The second kappa shape index (κ2) is 8.52. The predicted molar refractivity (Wildman–Crippen MR) is 138 cm³/mol. The molecule has 0 saturated carbocycles. The van der Waals surface area contributed by atoms with Gasteiger partial charge in [-0.3, -0.25) is 14.8 Å². The van der Waals surface area contributed by atoms with Crippen LogP contribution in [0.5, 0.6) is 11.5 Å². The summed E-state index contributed by atoms with van der Waals surface area (Å²) >= 11 is 0. The molecule has 1 N–H and O–H groups in total. The van der Waals surface area contributed by atoms with Gasteiger partial charge in [0.25, 0.3) is 0 Å². The molecule has 0 atom stereocenters. The number of benzene rings is 2. The quantitative estimate of drug-likeness (QED) is 0.560. The van der Waals surface area contributed by atoms with Crippen molar-refractivity contribution in [3.63, 3.8) is 0 Å². The zero-order valence-electron chi connectivity index (χ0n) is 20.9. The molecule has 6 nitrogen and oxygen atoms in total. The Kier molecular flexibility index (Phi) is 5.62. The molecule has 0 spiro atoms. The lowest BCUT2D eigenvalue weighted by Gasteiger charge is -2.31. The lowest BCUT2D eigenvalue weighted by atomic mass is 9.81. The van der Waals surface area contributed by atoms with Crippen molar-refractivity contribution in [2.45, 2.75) is 58.1 Å². The summed E-state index contributed by atoms with van der Waals surface area (Å²) in [7, 11) is 1.69. The molecular formula is C29H31N3O3. The molecule has 6 heteroatoms. The zero-order chi connectivity index (χ0) is 24.8. The van der Waals surface area contributed by atoms with E-state index in [1.165, 1.54) is 5.56 Å². The molecule has 1 amide bonds. The van der Waals surface area contributed by atoms with Gasteiger partial charge in [-0.1, -0.05) is 18.2 Å². The molecule has 3 aromatic rings. The van der Waals surface area contributed by atoms with Gasteiger partial charge >= 0.3 is 0 Å². The first-order chi connectivity index (χ1) is 16.6. The highest BCUT2D eigenvalue weighted by Gasteiger charge is 2.39. The molecule has 2 aromatic carbocycles. The van der Waals surface area contributed by atoms with Gasteiger partial charge in [-0.25, -0.2) is 0 Å². The largest absolute Gasteiger partial charge is 0.493 e. The van der Waals surface area contributed by atoms with Crippen LogP contribution in [-0.2, 0) is 24.1 Å². The van der Waals surface area contributed by atoms with Crippen LogP contribution in [0.2, 0.25) is 0 Å². The van der Waals surface area contributed by atoms with Gasteiger partial charge in [0.15, 0.2) is 11.5 Å². The van der Waals surface area contributed by atoms with Crippen molar-refractivity contribution in [2.24, 2.45) is 4.99 Å². The van der Waals surface area contributed by atoms with E-state index in [1.807, 2.05) is 30.3 Å². The number of pyridine rings is 1. The van der Waals surface area contributed by atoms with Crippen LogP contribution in [-0.4, -0.2) is 34.9 Å². The van der Waals surface area contributed by atoms with Gasteiger partial charge in [-0.2, -0.15) is 0 Å². The number of anilines is 1. The van der Waals surface area contributed by atoms with Crippen molar-refractivity contribution in [3.05, 3.63) is 82.7 Å². The highest BCUT2D eigenvalue weighted by Crippen LogP contribution is 2.47. The van der Waals surface area contributed by atoms with Crippen molar-refractivity contribution >= 4 is 17.3 Å². The van der Waals surface area contributed by atoms with Crippen LogP contribution in [0.25, 0.3) is 0 Å². The number of fused-ring (bicyclic) bond motifs is 3. The van der Waals surface area contributed by atoms with Crippen LogP contribution < -0.4 is 14.8 Å². The van der Waals surface area contributed by atoms with E-state index < -0.39 is 0 Å². The van der Waals surface area contributed by atoms with E-state index in [2.05, 4.69) is 50.1 Å². The molecular weight excluding hydrogens is 438 g/mol. The monoisotopic (exact) mass is 469 g/mol. The number of nitrogens with zero attached hydrogens (tertiary/aromatic N) is 2. The summed E-state index contributed by atoms with van der Waals surface area (Å²) in [5.74, 6) is 1.50. The van der Waals surface area contributed by atoms with E-state index in [-0.39, 0.29) is 23.5 Å². The predicted octanol–water partition coefficient (Wildman–Crippen LogP) is 5.16. The molecule has 35 heavy (non-hydrogen) atoms. The summed E-state index contributed by atoms with van der Waals surface area (Å²) in [6, 6.07) is 13.8. The number of amides is 1. The summed E-state index contributed by atoms with van der Waals surface area (Å²) in [6.07, 6.45) is 5.28. The van der Waals surface area contributed by atoms with E-state index in [9.17, 15) is 4.79 Å². The fourth-order valence-corrected chi connectivity index (χ4v) is 5.07. The van der Waals surface area contributed by atoms with E-state index in [1.54, 1.807) is 19.5 Å². The van der Waals surface area contributed by atoms with Gasteiger partial charge in [0, 0.05) is 41.2 Å². The van der Waals surface area contributed by atoms with Gasteiger partial charge in [-0.15, -0.1) is 0 Å². The average Bonchev–Trinajstić information content (AvgIpc) is 3.12. The smallest absolute Gasteiger partial charge is 0.228 e. The summed E-state index contributed by atoms with van der Waals surface area (Å²) in [6.45, 7) is 8.49. The molecule has 0 unspecified atom stereocenters. The second-order valence-electron chi connectivity index (χ2n) is 10.6. The number of hydrogen-bond donors (Lipinski definition) is 1. The molecule has 0 bridgehead atoms. The van der Waals surface area contributed by atoms with Crippen LogP contribution in [0, 0.1) is 0 Å². The normalized spacial score (nSPS) is 17.0. The Morgan fingerprint density at radius 2 is 1.94 bits per heavy atom. The maximum absolute atomic E-state index is 12.7. The fraction of sp³-hybridized carbons (Fsp3) is 0.345. The van der Waals surface area contributed by atoms with E-state index in [0.717, 1.165) is 58.0 Å². The van der Waals surface area contributed by atoms with Gasteiger partial charge in [0.1, 0.15) is 5.60 Å². The number of rotatable bonds is 5. The fourth-order valence-electron chi connectivity index (χ4n) is 5.07. The Hall–Kier alpha value is -3.67. The van der Waals surface area contributed by atoms with Crippen LogP contribution >= 0.6 is 0 Å². The van der Waals surface area contributed by atoms with Crippen LogP contribution in [0.1, 0.15) is 55.5 Å². The zero-order valence-corrected chi connectivity index (χ0v) is 20.9. The highest BCUT2D eigenvalue weighted by molar-refractivity contribution is 6.16. The first-order valence-electron chi connectivity index (χ1n) is 12.0. The molecule has 5 rings (SSSR count). The second-order valence-corrected chi connectivity index (χ2v) is 10.6. The van der Waals surface area contributed by atoms with Gasteiger partial charge in [0.05, 0.1) is 24.8 Å². The molecule has 2 aliphatic heterocycles. The first-order valence-corrected chi connectivity index (χ1v) is 12.0. The summed E-state index contributed by atoms with van der Waals surface area (Å²) in [5, 5.41) is 3.03. The lowest BCUT2D eigenvalue weighted by Crippen LogP contribution is -2.30. The Balaban J connectivity index is 1.53. The molecule has 2 aliphatic rings. The topological polar surface area (TPSA) is 72.8 Å². The number of ether oxygens (including phenoxy) is 2. The van der Waals surface area contributed by atoms with Crippen molar-refractivity contribution < 1.29 is 14.3 Å². The molecule has 0 saturated heterocycles. The number of hydrogen-bond acceptors (Lipinski definition) is 5. The number of aliphatic imine (C=N–C) groups is 1. The minimum absolute atomic E-state index is 0.0813. The van der Waals surface area contributed by atoms with Crippen molar-refractivity contribution in [2.75, 3.05) is 12.4 Å². The molecule has 0 fully saturated rings. The van der Waals surface area contributed by atoms with Crippen molar-refractivity contribution in [3.8, 4) is 11.5 Å². The Morgan fingerprint density at radius 1 is 1.11 bits per heavy atom. The summed E-state index contributed by atoms with van der Waals surface area (Å²) in [4.78, 5) is 22.0. The van der Waals surface area contributed by atoms with Gasteiger partial charge in [0.2, 0.25) is 5.91 Å². The third-order valence-corrected chi connectivity index (χ3v) is 6.41. The maximum atomic E-state index is 12.7. The third-order valence-electron chi connectivity index (χ3n) is 6.41. The SMILES string of the molecule is COc1cc2c(c3c1OC(C)(C)C3)C(c1cccc(NC(=O)Cc3cccnc3)c1)=NC(C)(C)C2. The number of aromatic nitrogens is 1. The van der Waals surface area contributed by atoms with Gasteiger partial charge < -0.3 is 14.8 Å². The Bertz CT molecular complexity index is 1330. The standard InChI is InChI=1S/C29H31N3O3/c1-28(2)15-20-14-23(34-5)27-22(16-29(3,4)35-27)25(20)26(32-28)19-9-6-10-21(13-19)31-24(33)12-18-8-7-11-30-17-18/h6-11,13-14,17H,12,15-16H2,1-5H3,(H,31,33). The number of carbonyl (C=O) groups is 1. The molecule has 0 aliphatic carbocycles. The van der Waals surface area contributed by atoms with E-state index >= 15 is 0 Å². The average molecular weight is 470 g/mol. The summed E-state index contributed by atoms with van der Waals surface area (Å²) < 4.78 is 12.0. The minimum atomic E-state index is -0.315. The minimum Gasteiger partial charge on any atom is -0.493 e. The lowest BCUT2D eigenvalue weighted by molar-refractivity contribution is -0.115. The molecule has 1 aromatic heterocycles. The van der Waals surface area contributed by atoms with Crippen LogP contribution in [0.4, 0.5) is 5.69 Å². The van der Waals surface area contributed by atoms with Crippen molar-refractivity contribution in [1.29, 1.82) is 0 Å². The van der Waals surface area contributed by atoms with Crippen LogP contribution in [0.3, 0.4) is 0 Å². The first kappa shape index (κ1) is 23.1. The maximum Gasteiger partial charge on any atom is 0.228 e. The number of carbonyl (C=O) groups excluding carboxylic acids is 1. The van der Waals surface area contributed by atoms with E-state index in [4.69, 9.17) is 14.5 Å². The van der Waals surface area contributed by atoms with Crippen molar-refractivity contribution in [1.82, 2.24) is 4.98 Å². The molecule has 3 heterocycles. The van der Waals surface area contributed by atoms with E-state index in [0.29, 0.717) is 0 Å². The third kappa shape index (κ3) is 4.65. The van der Waals surface area contributed by atoms with Gasteiger partial charge in [-0.05, 0) is 69.5 Å². The number of methoxy groups -OCH3 is 1. The summed E-state index contributed by atoms with van der Waals surface area (Å²) in [5.41, 5.74) is 6.42. The Morgan fingerprint density at radius 3 is 2.69 bits per heavy atom. The molecule has 180 valence electrons. The van der Waals surface area contributed by atoms with Crippen LogP contribution in [0.15, 0.2) is 59.9 Å². The molecule has 0 radical (unpaired) electrons. The highest BCUT2D eigenvalue weighted by atomic mass is 16.5. The Labute approximate surface area is 206 Å².